The van der Waals surface area contributed by atoms with E-state index in [1.54, 1.807) is 31.2 Å². The molecule has 1 aromatic carbocycles. The number of carbonyl (C=O) groups excluding carboxylic acids is 2. The first kappa shape index (κ1) is 17.5. The Morgan fingerprint density at radius 2 is 1.77 bits per heavy atom. The number of esters is 1. The number of hydrogen-bond acceptors (Lipinski definition) is 7. The molecular weight excluding hydrogens is 336 g/mol. The Kier molecular flexibility index (Phi) is 4.66. The van der Waals surface area contributed by atoms with Crippen LogP contribution in [0.25, 0.3) is 11.0 Å². The van der Waals surface area contributed by atoms with Crippen LogP contribution in [0, 0.1) is 20.8 Å². The SMILES string of the molecule is Cc1cc(NC(=O)[C@H](C)OC(=O)c2ccc3nc(C)c(C)nc3c2)no1. The van der Waals surface area contributed by atoms with E-state index >= 15 is 0 Å². The summed E-state index contributed by atoms with van der Waals surface area (Å²) in [6, 6.07) is 6.47. The van der Waals surface area contributed by atoms with Crippen LogP contribution in [-0.4, -0.2) is 33.1 Å². The monoisotopic (exact) mass is 354 g/mol. The lowest BCUT2D eigenvalue weighted by Gasteiger charge is -2.12. The molecule has 0 spiro atoms. The molecule has 8 heteroatoms. The van der Waals surface area contributed by atoms with Crippen molar-refractivity contribution in [1.82, 2.24) is 15.1 Å². The summed E-state index contributed by atoms with van der Waals surface area (Å²) in [5.41, 5.74) is 3.21. The summed E-state index contributed by atoms with van der Waals surface area (Å²) in [5, 5.41) is 6.18. The zero-order valence-corrected chi connectivity index (χ0v) is 14.9. The summed E-state index contributed by atoms with van der Waals surface area (Å²) in [7, 11) is 0. The minimum absolute atomic E-state index is 0.266. The lowest BCUT2D eigenvalue weighted by atomic mass is 10.2. The summed E-state index contributed by atoms with van der Waals surface area (Å²) >= 11 is 0. The lowest BCUT2D eigenvalue weighted by molar-refractivity contribution is -0.123. The largest absolute Gasteiger partial charge is 0.449 e. The maximum absolute atomic E-state index is 12.3. The van der Waals surface area contributed by atoms with Crippen molar-refractivity contribution in [2.24, 2.45) is 0 Å². The van der Waals surface area contributed by atoms with Crippen molar-refractivity contribution < 1.29 is 18.8 Å². The maximum atomic E-state index is 12.3. The molecule has 0 fully saturated rings. The van der Waals surface area contributed by atoms with Gasteiger partial charge in [0.2, 0.25) is 0 Å². The molecule has 2 aromatic heterocycles. The highest BCUT2D eigenvalue weighted by Crippen LogP contribution is 2.16. The zero-order valence-electron chi connectivity index (χ0n) is 14.9. The Hall–Kier alpha value is -3.29. The fourth-order valence-corrected chi connectivity index (χ4v) is 2.29. The number of rotatable bonds is 4. The molecule has 1 N–H and O–H groups in total. The first-order valence-electron chi connectivity index (χ1n) is 8.03. The Labute approximate surface area is 149 Å². The summed E-state index contributed by atoms with van der Waals surface area (Å²) in [6.45, 7) is 6.91. The molecule has 3 rings (SSSR count). The smallest absolute Gasteiger partial charge is 0.338 e. The average Bonchev–Trinajstić information content (AvgIpc) is 3.00. The van der Waals surface area contributed by atoms with Gasteiger partial charge in [-0.3, -0.25) is 4.79 Å². The van der Waals surface area contributed by atoms with Crippen molar-refractivity contribution in [3.63, 3.8) is 0 Å². The minimum Gasteiger partial charge on any atom is -0.449 e. The zero-order chi connectivity index (χ0) is 18.8. The molecular formula is C18H18N4O4. The number of nitrogens with zero attached hydrogens (tertiary/aromatic N) is 3. The highest BCUT2D eigenvalue weighted by Gasteiger charge is 2.20. The molecule has 0 unspecified atom stereocenters. The molecule has 1 amide bonds. The van der Waals surface area contributed by atoms with E-state index in [1.807, 2.05) is 13.8 Å². The Balaban J connectivity index is 1.71. The Morgan fingerprint density at radius 1 is 1.08 bits per heavy atom. The van der Waals surface area contributed by atoms with E-state index in [1.165, 1.54) is 6.92 Å². The van der Waals surface area contributed by atoms with E-state index in [9.17, 15) is 9.59 Å². The van der Waals surface area contributed by atoms with Crippen molar-refractivity contribution >= 4 is 28.7 Å². The van der Waals surface area contributed by atoms with Gasteiger partial charge in [-0.2, -0.15) is 0 Å². The van der Waals surface area contributed by atoms with Crippen molar-refractivity contribution in [1.29, 1.82) is 0 Å². The number of carbonyl (C=O) groups is 2. The highest BCUT2D eigenvalue weighted by molar-refractivity contribution is 5.98. The molecule has 3 aromatic rings. The number of aryl methyl sites for hydroxylation is 3. The number of fused-ring (bicyclic) bond motifs is 1. The standard InChI is InChI=1S/C18H18N4O4/c1-9-7-16(22-26-9)21-17(23)12(4)25-18(24)13-5-6-14-15(8-13)20-11(3)10(2)19-14/h5-8,12H,1-4H3,(H,21,22,23)/t12-/m0/s1. The third-order valence-electron chi connectivity index (χ3n) is 3.84. The molecule has 0 saturated carbocycles. The number of ether oxygens (including phenoxy) is 1. The van der Waals surface area contributed by atoms with Crippen LogP contribution < -0.4 is 5.32 Å². The van der Waals surface area contributed by atoms with Crippen LogP contribution in [0.3, 0.4) is 0 Å². The van der Waals surface area contributed by atoms with Crippen LogP contribution in [0.1, 0.15) is 34.4 Å². The van der Waals surface area contributed by atoms with Gasteiger partial charge in [0.25, 0.3) is 5.91 Å². The van der Waals surface area contributed by atoms with E-state index in [0.29, 0.717) is 22.4 Å². The highest BCUT2D eigenvalue weighted by atomic mass is 16.5. The van der Waals surface area contributed by atoms with Gasteiger partial charge >= 0.3 is 5.97 Å². The fourth-order valence-electron chi connectivity index (χ4n) is 2.29. The molecule has 0 aliphatic heterocycles. The quantitative estimate of drug-likeness (QED) is 0.718. The van der Waals surface area contributed by atoms with Gasteiger partial charge in [-0.25, -0.2) is 14.8 Å². The molecule has 0 radical (unpaired) electrons. The van der Waals surface area contributed by atoms with Crippen molar-refractivity contribution in [2.75, 3.05) is 5.32 Å². The molecule has 134 valence electrons. The molecule has 0 saturated heterocycles. The second kappa shape index (κ2) is 6.91. The first-order chi connectivity index (χ1) is 12.3. The van der Waals surface area contributed by atoms with Crippen LogP contribution >= 0.6 is 0 Å². The molecule has 1 atom stereocenters. The number of hydrogen-bond donors (Lipinski definition) is 1. The second-order valence-corrected chi connectivity index (χ2v) is 5.96. The number of aromatic nitrogens is 3. The maximum Gasteiger partial charge on any atom is 0.338 e. The molecule has 0 bridgehead atoms. The third-order valence-corrected chi connectivity index (χ3v) is 3.84. The van der Waals surface area contributed by atoms with Crippen LogP contribution in [0.15, 0.2) is 28.8 Å². The number of anilines is 1. The molecule has 0 aliphatic carbocycles. The van der Waals surface area contributed by atoms with Gasteiger partial charge in [0.05, 0.1) is 28.0 Å². The summed E-state index contributed by atoms with van der Waals surface area (Å²) in [5.74, 6) is -0.292. The average molecular weight is 354 g/mol. The van der Waals surface area contributed by atoms with Crippen LogP contribution in [0.5, 0.6) is 0 Å². The lowest BCUT2D eigenvalue weighted by Crippen LogP contribution is -2.30. The van der Waals surface area contributed by atoms with Crippen LogP contribution in [-0.2, 0) is 9.53 Å². The van der Waals surface area contributed by atoms with Crippen molar-refractivity contribution in [3.8, 4) is 0 Å². The topological polar surface area (TPSA) is 107 Å². The van der Waals surface area contributed by atoms with E-state index in [4.69, 9.17) is 9.26 Å². The normalized spacial score (nSPS) is 12.0. The number of benzene rings is 1. The van der Waals surface area contributed by atoms with Crippen molar-refractivity contribution in [2.45, 2.75) is 33.8 Å². The summed E-state index contributed by atoms with van der Waals surface area (Å²) < 4.78 is 10.1. The fraction of sp³-hybridized carbons (Fsp3) is 0.278. The van der Waals surface area contributed by atoms with Gasteiger partial charge in [-0.1, -0.05) is 5.16 Å². The molecule has 2 heterocycles. The van der Waals surface area contributed by atoms with E-state index in [-0.39, 0.29) is 5.82 Å². The number of amides is 1. The van der Waals surface area contributed by atoms with Crippen LogP contribution in [0.4, 0.5) is 5.82 Å². The molecule has 8 nitrogen and oxygen atoms in total. The van der Waals surface area contributed by atoms with E-state index in [2.05, 4.69) is 20.4 Å². The number of nitrogens with one attached hydrogen (secondary N) is 1. The van der Waals surface area contributed by atoms with Crippen LogP contribution in [0.2, 0.25) is 0 Å². The van der Waals surface area contributed by atoms with Gasteiger partial charge in [0.15, 0.2) is 11.9 Å². The second-order valence-electron chi connectivity index (χ2n) is 5.96. The third kappa shape index (κ3) is 3.69. The van der Waals surface area contributed by atoms with E-state index < -0.39 is 18.0 Å². The predicted octanol–water partition coefficient (Wildman–Crippen LogP) is 2.73. The van der Waals surface area contributed by atoms with Gasteiger partial charge in [0, 0.05) is 6.07 Å². The van der Waals surface area contributed by atoms with E-state index in [0.717, 1.165) is 11.4 Å². The van der Waals surface area contributed by atoms with Gasteiger partial charge in [-0.05, 0) is 45.9 Å². The Morgan fingerprint density at radius 3 is 2.42 bits per heavy atom. The van der Waals surface area contributed by atoms with Gasteiger partial charge in [0.1, 0.15) is 5.76 Å². The molecule has 26 heavy (non-hydrogen) atoms. The minimum atomic E-state index is -0.999. The predicted molar refractivity (Wildman–Crippen MR) is 93.8 cm³/mol. The van der Waals surface area contributed by atoms with Crippen molar-refractivity contribution in [3.05, 3.63) is 47.0 Å². The Bertz CT molecular complexity index is 996. The van der Waals surface area contributed by atoms with Gasteiger partial charge < -0.3 is 14.6 Å². The first-order valence-corrected chi connectivity index (χ1v) is 8.03. The summed E-state index contributed by atoms with van der Waals surface area (Å²) in [6.07, 6.45) is -0.999. The van der Waals surface area contributed by atoms with Gasteiger partial charge in [-0.15, -0.1) is 0 Å². The summed E-state index contributed by atoms with van der Waals surface area (Å²) in [4.78, 5) is 33.3. The molecule has 0 aliphatic rings.